The van der Waals surface area contributed by atoms with Crippen molar-refractivity contribution in [3.63, 3.8) is 0 Å². The van der Waals surface area contributed by atoms with Crippen molar-refractivity contribution in [2.75, 3.05) is 33.1 Å². The van der Waals surface area contributed by atoms with Crippen molar-refractivity contribution in [1.29, 1.82) is 0 Å². The van der Waals surface area contributed by atoms with Crippen LogP contribution < -0.4 is 20.1 Å². The molecule has 3 atom stereocenters. The Labute approximate surface area is 245 Å². The van der Waals surface area contributed by atoms with Crippen LogP contribution in [0.5, 0.6) is 11.5 Å². The Morgan fingerprint density at radius 2 is 1.79 bits per heavy atom. The van der Waals surface area contributed by atoms with Crippen molar-refractivity contribution in [2.45, 2.75) is 82.5 Å². The predicted octanol–water partition coefficient (Wildman–Crippen LogP) is 6.30. The smallest absolute Gasteiger partial charge is 0.490 e. The van der Waals surface area contributed by atoms with Gasteiger partial charge in [-0.15, -0.1) is 0 Å². The summed E-state index contributed by atoms with van der Waals surface area (Å²) in [6.45, 7) is 5.33. The van der Waals surface area contributed by atoms with Crippen LogP contribution in [0.15, 0.2) is 36.4 Å². The number of nitrogens with one attached hydrogen (secondary N) is 2. The number of carboxylic acids is 1. The van der Waals surface area contributed by atoms with E-state index in [2.05, 4.69) is 60.7 Å². The molecule has 0 spiro atoms. The largest absolute Gasteiger partial charge is 0.493 e. The molecule has 0 radical (unpaired) electrons. The van der Waals surface area contributed by atoms with E-state index >= 15 is 0 Å². The van der Waals surface area contributed by atoms with E-state index in [1.807, 2.05) is 12.1 Å². The van der Waals surface area contributed by atoms with Crippen LogP contribution in [-0.2, 0) is 16.6 Å². The zero-order valence-electron chi connectivity index (χ0n) is 24.9. The number of aryl methyl sites for hydroxylation is 2. The second-order valence-corrected chi connectivity index (χ2v) is 11.1. The molecule has 1 aliphatic heterocycles. The first-order chi connectivity index (χ1) is 19.8. The van der Waals surface area contributed by atoms with E-state index in [1.165, 1.54) is 24.0 Å². The van der Waals surface area contributed by atoms with E-state index in [0.29, 0.717) is 6.04 Å². The van der Waals surface area contributed by atoms with Gasteiger partial charge in [0.25, 0.3) is 0 Å². The van der Waals surface area contributed by atoms with Crippen molar-refractivity contribution in [2.24, 2.45) is 0 Å². The first-order valence-electron chi connectivity index (χ1n) is 14.2. The number of urea groups is 1. The van der Waals surface area contributed by atoms with Gasteiger partial charge in [0.05, 0.1) is 14.2 Å². The van der Waals surface area contributed by atoms with Crippen LogP contribution in [-0.4, -0.2) is 68.1 Å². The number of halogens is 3. The molecule has 2 aliphatic rings. The van der Waals surface area contributed by atoms with Crippen molar-refractivity contribution < 1.29 is 37.3 Å². The number of anilines is 1. The molecule has 1 heterocycles. The number of rotatable bonds is 8. The van der Waals surface area contributed by atoms with Gasteiger partial charge in [0.15, 0.2) is 11.5 Å². The summed E-state index contributed by atoms with van der Waals surface area (Å²) in [4.78, 5) is 24.3. The van der Waals surface area contributed by atoms with Crippen LogP contribution in [0.4, 0.5) is 23.7 Å². The monoisotopic (exact) mass is 593 g/mol. The summed E-state index contributed by atoms with van der Waals surface area (Å²) in [5, 5.41) is 13.5. The van der Waals surface area contributed by atoms with Crippen LogP contribution in [0.25, 0.3) is 0 Å². The van der Waals surface area contributed by atoms with E-state index in [9.17, 15) is 18.0 Å². The number of carboxylic acid groups (broad SMARTS) is 1. The lowest BCUT2D eigenvalue weighted by Crippen LogP contribution is -2.52. The number of nitrogens with zero attached hydrogens (tertiary/aromatic N) is 1. The van der Waals surface area contributed by atoms with Crippen molar-refractivity contribution in [1.82, 2.24) is 10.2 Å². The third-order valence-corrected chi connectivity index (χ3v) is 8.42. The first kappa shape index (κ1) is 33.0. The summed E-state index contributed by atoms with van der Waals surface area (Å²) in [5.41, 5.74) is 4.72. The molecule has 0 aromatic heterocycles. The van der Waals surface area contributed by atoms with Gasteiger partial charge in [0.2, 0.25) is 0 Å². The minimum atomic E-state index is -5.08. The highest BCUT2D eigenvalue weighted by molar-refractivity contribution is 5.90. The molecule has 4 rings (SSSR count). The molecule has 1 saturated carbocycles. The molecule has 1 aliphatic carbocycles. The summed E-state index contributed by atoms with van der Waals surface area (Å²) in [5.74, 6) is -1.22. The van der Waals surface area contributed by atoms with Crippen LogP contribution >= 0.6 is 0 Å². The standard InChI is InChI=1S/C29H41N3O3.C2HF3O2/c1-6-7-8-21-9-11-24(20(2)17-21)31-28(33)30-23-13-14-29(15-16-32(3)27(29)19-23)22-10-12-25(34-4)26(18-22)35-5;3-2(4,5)1(6)7/h9-12,17-18,23,27H,6-8,13-16,19H2,1-5H3,(H2,30,31,33);(H,6,7)/t23-,27+,29+;/m1./s1. The second kappa shape index (κ2) is 14.1. The van der Waals surface area contributed by atoms with Crippen molar-refractivity contribution >= 4 is 17.7 Å². The SMILES string of the molecule is CCCCc1ccc(NC(=O)N[C@@H]2CC[C@@]3(c4ccc(OC)c(OC)c4)CCN(C)[C@H]3C2)c(C)c1.O=C(O)C(F)(F)F. The number of unbranched alkanes of at least 4 members (excludes halogenated alkanes) is 1. The molecule has 42 heavy (non-hydrogen) atoms. The van der Waals surface area contributed by atoms with Gasteiger partial charge in [0.1, 0.15) is 0 Å². The lowest BCUT2D eigenvalue weighted by atomic mass is 9.65. The van der Waals surface area contributed by atoms with Gasteiger partial charge in [-0.2, -0.15) is 13.2 Å². The Kier molecular flexibility index (Phi) is 11.1. The summed E-state index contributed by atoms with van der Waals surface area (Å²) in [7, 11) is 5.57. The normalized spacial score (nSPS) is 21.9. The molecule has 0 unspecified atom stereocenters. The number of carbonyl (C=O) groups excluding carboxylic acids is 1. The molecule has 1 saturated heterocycles. The highest BCUT2D eigenvalue weighted by Crippen LogP contribution is 2.49. The van der Waals surface area contributed by atoms with Gasteiger partial charge in [-0.25, -0.2) is 9.59 Å². The number of alkyl halides is 3. The first-order valence-corrected chi connectivity index (χ1v) is 14.2. The summed E-state index contributed by atoms with van der Waals surface area (Å²) >= 11 is 0. The van der Waals surface area contributed by atoms with Crippen LogP contribution in [0.2, 0.25) is 0 Å². The van der Waals surface area contributed by atoms with Crippen molar-refractivity contribution in [3.8, 4) is 11.5 Å². The molecule has 11 heteroatoms. The summed E-state index contributed by atoms with van der Waals surface area (Å²) < 4.78 is 42.8. The van der Waals surface area contributed by atoms with Crippen molar-refractivity contribution in [3.05, 3.63) is 53.1 Å². The molecule has 2 aromatic rings. The Bertz CT molecular complexity index is 1240. The van der Waals surface area contributed by atoms with Gasteiger partial charge < -0.3 is 30.1 Å². The number of carbonyl (C=O) groups is 2. The van der Waals surface area contributed by atoms with E-state index in [4.69, 9.17) is 19.4 Å². The fourth-order valence-corrected chi connectivity index (χ4v) is 6.14. The highest BCUT2D eigenvalue weighted by atomic mass is 19.4. The highest BCUT2D eigenvalue weighted by Gasteiger charge is 2.50. The maximum absolute atomic E-state index is 12.9. The predicted molar refractivity (Wildman–Crippen MR) is 156 cm³/mol. The molecule has 232 valence electrons. The zero-order chi connectivity index (χ0) is 31.1. The molecule has 3 N–H and O–H groups in total. The lowest BCUT2D eigenvalue weighted by Gasteiger charge is -2.45. The number of amides is 2. The fraction of sp³-hybridized carbons (Fsp3) is 0.548. The van der Waals surface area contributed by atoms with Gasteiger partial charge in [-0.1, -0.05) is 31.5 Å². The van der Waals surface area contributed by atoms with E-state index in [1.54, 1.807) is 14.2 Å². The minimum absolute atomic E-state index is 0.0772. The van der Waals surface area contributed by atoms with Crippen LogP contribution in [0.1, 0.15) is 62.1 Å². The van der Waals surface area contributed by atoms with E-state index in [-0.39, 0.29) is 17.5 Å². The number of methoxy groups -OCH3 is 2. The molecule has 2 fully saturated rings. The minimum Gasteiger partial charge on any atom is -0.493 e. The summed E-state index contributed by atoms with van der Waals surface area (Å²) in [6, 6.07) is 13.1. The van der Waals surface area contributed by atoms with Gasteiger partial charge in [-0.05, 0) is 93.9 Å². The number of aliphatic carboxylic acids is 1. The third-order valence-electron chi connectivity index (χ3n) is 8.42. The van der Waals surface area contributed by atoms with Crippen LogP contribution in [0, 0.1) is 6.92 Å². The zero-order valence-corrected chi connectivity index (χ0v) is 24.9. The fourth-order valence-electron chi connectivity index (χ4n) is 6.14. The number of hydrogen-bond donors (Lipinski definition) is 3. The number of hydrogen-bond acceptors (Lipinski definition) is 5. The maximum Gasteiger partial charge on any atom is 0.490 e. The average molecular weight is 594 g/mol. The number of ether oxygens (including phenoxy) is 2. The van der Waals surface area contributed by atoms with Crippen LogP contribution in [0.3, 0.4) is 0 Å². The quantitative estimate of drug-likeness (QED) is 0.332. The second-order valence-electron chi connectivity index (χ2n) is 11.1. The third kappa shape index (κ3) is 7.87. The molecular weight excluding hydrogens is 551 g/mol. The topological polar surface area (TPSA) is 100 Å². The van der Waals surface area contributed by atoms with Gasteiger partial charge in [0, 0.05) is 23.2 Å². The molecule has 0 bridgehead atoms. The summed E-state index contributed by atoms with van der Waals surface area (Å²) in [6.07, 6.45) is 2.43. The Balaban J connectivity index is 0.000000616. The average Bonchev–Trinajstić information content (AvgIpc) is 3.29. The Hall–Kier alpha value is -3.47. The van der Waals surface area contributed by atoms with E-state index in [0.717, 1.165) is 61.4 Å². The maximum atomic E-state index is 12.9. The molecular formula is C31H42F3N3O5. The molecule has 2 aromatic carbocycles. The number of benzene rings is 2. The number of fused-ring (bicyclic) bond motifs is 1. The Morgan fingerprint density at radius 1 is 1.10 bits per heavy atom. The number of likely N-dealkylation sites (N-methyl/N-ethyl adjacent to an activating group) is 1. The van der Waals surface area contributed by atoms with Gasteiger partial charge >= 0.3 is 18.2 Å². The molecule has 8 nitrogen and oxygen atoms in total. The Morgan fingerprint density at radius 3 is 2.38 bits per heavy atom. The van der Waals surface area contributed by atoms with E-state index < -0.39 is 12.1 Å². The number of likely N-dealkylation sites (tertiary alicyclic amines) is 1. The lowest BCUT2D eigenvalue weighted by molar-refractivity contribution is -0.192. The molecule has 2 amide bonds. The van der Waals surface area contributed by atoms with Gasteiger partial charge in [-0.3, -0.25) is 0 Å².